The number of carbonyl (C=O) groups excluding carboxylic acids is 1. The van der Waals surface area contributed by atoms with Crippen LogP contribution >= 0.6 is 0 Å². The Morgan fingerprint density at radius 3 is 2.71 bits per heavy atom. The van der Waals surface area contributed by atoms with E-state index in [1.165, 1.54) is 12.6 Å². The maximum atomic E-state index is 11.8. The van der Waals surface area contributed by atoms with E-state index >= 15 is 0 Å². The lowest BCUT2D eigenvalue weighted by molar-refractivity contribution is -0.123. The van der Waals surface area contributed by atoms with Gasteiger partial charge in [0.1, 0.15) is 17.3 Å². The quantitative estimate of drug-likeness (QED) is 0.652. The third kappa shape index (κ3) is 3.85. The van der Waals surface area contributed by atoms with Gasteiger partial charge in [-0.1, -0.05) is 25.1 Å². The number of hydrogen-bond donors (Lipinski definition) is 1. The summed E-state index contributed by atoms with van der Waals surface area (Å²) in [6.07, 6.45) is 2.68. The summed E-state index contributed by atoms with van der Waals surface area (Å²) in [6.45, 7) is 6.03. The zero-order valence-electron chi connectivity index (χ0n) is 14.2. The molecule has 2 aromatic rings. The summed E-state index contributed by atoms with van der Waals surface area (Å²) < 4.78 is 11.3. The van der Waals surface area contributed by atoms with Gasteiger partial charge < -0.3 is 9.15 Å². The van der Waals surface area contributed by atoms with Gasteiger partial charge in [0.25, 0.3) is 5.91 Å². The van der Waals surface area contributed by atoms with Crippen molar-refractivity contribution in [2.45, 2.75) is 33.1 Å². The number of benzene rings is 1. The van der Waals surface area contributed by atoms with Gasteiger partial charge in [-0.2, -0.15) is 5.10 Å². The third-order valence-electron chi connectivity index (χ3n) is 4.26. The van der Waals surface area contributed by atoms with Gasteiger partial charge in [-0.15, -0.1) is 0 Å². The number of hydrogen-bond acceptors (Lipinski definition) is 4. The fourth-order valence-corrected chi connectivity index (χ4v) is 2.72. The van der Waals surface area contributed by atoms with Crippen LogP contribution in [0, 0.1) is 19.8 Å². The molecule has 24 heavy (non-hydrogen) atoms. The van der Waals surface area contributed by atoms with Crippen molar-refractivity contribution < 1.29 is 13.9 Å². The standard InChI is InChI=1S/C19H22N2O3/c1-12-5-4-6-13(2)19(12)23-11-18(22)21-20-10-15-7-8-17(24-15)16-9-14(16)3/h4-8,10,14,16H,9,11H2,1-3H3,(H,21,22)/b20-10-/t14-,16+/m1/s1. The van der Waals surface area contributed by atoms with E-state index in [2.05, 4.69) is 17.5 Å². The zero-order valence-corrected chi connectivity index (χ0v) is 14.2. The average Bonchev–Trinajstić information content (AvgIpc) is 3.08. The molecule has 1 aromatic carbocycles. The van der Waals surface area contributed by atoms with Crippen molar-refractivity contribution in [1.82, 2.24) is 5.43 Å². The van der Waals surface area contributed by atoms with Gasteiger partial charge in [0.15, 0.2) is 6.61 Å². The Hall–Kier alpha value is -2.56. The lowest BCUT2D eigenvalue weighted by Gasteiger charge is -2.10. The first-order valence-corrected chi connectivity index (χ1v) is 8.15. The van der Waals surface area contributed by atoms with Gasteiger partial charge in [0.2, 0.25) is 0 Å². The fourth-order valence-electron chi connectivity index (χ4n) is 2.72. The molecular weight excluding hydrogens is 304 g/mol. The van der Waals surface area contributed by atoms with E-state index in [1.807, 2.05) is 44.2 Å². The zero-order chi connectivity index (χ0) is 17.1. The van der Waals surface area contributed by atoms with E-state index in [0.717, 1.165) is 22.6 Å². The first-order valence-electron chi connectivity index (χ1n) is 8.15. The van der Waals surface area contributed by atoms with Gasteiger partial charge in [0, 0.05) is 5.92 Å². The van der Waals surface area contributed by atoms with Crippen molar-refractivity contribution in [1.29, 1.82) is 0 Å². The molecule has 1 heterocycles. The van der Waals surface area contributed by atoms with Crippen LogP contribution in [-0.4, -0.2) is 18.7 Å². The van der Waals surface area contributed by atoms with Crippen LogP contribution in [0.3, 0.4) is 0 Å². The van der Waals surface area contributed by atoms with E-state index in [1.54, 1.807) is 0 Å². The number of furan rings is 1. The van der Waals surface area contributed by atoms with Crippen LogP contribution in [0.1, 0.15) is 41.9 Å². The molecule has 0 spiro atoms. The smallest absolute Gasteiger partial charge is 0.277 e. The van der Waals surface area contributed by atoms with Gasteiger partial charge in [-0.05, 0) is 49.4 Å². The van der Waals surface area contributed by atoms with Crippen LogP contribution in [0.2, 0.25) is 0 Å². The molecule has 0 unspecified atom stereocenters. The Morgan fingerprint density at radius 1 is 1.33 bits per heavy atom. The summed E-state index contributed by atoms with van der Waals surface area (Å²) in [4.78, 5) is 11.8. The first-order chi connectivity index (χ1) is 11.5. The minimum Gasteiger partial charge on any atom is -0.483 e. The van der Waals surface area contributed by atoms with Crippen LogP contribution in [-0.2, 0) is 4.79 Å². The Kier molecular flexibility index (Phi) is 4.69. The van der Waals surface area contributed by atoms with Crippen molar-refractivity contribution in [3.63, 3.8) is 0 Å². The molecule has 5 heteroatoms. The summed E-state index contributed by atoms with van der Waals surface area (Å²) in [5.41, 5.74) is 4.46. The summed E-state index contributed by atoms with van der Waals surface area (Å²) in [7, 11) is 0. The van der Waals surface area contributed by atoms with E-state index in [0.29, 0.717) is 17.6 Å². The van der Waals surface area contributed by atoms with E-state index in [-0.39, 0.29) is 12.5 Å². The Balaban J connectivity index is 1.48. The van der Waals surface area contributed by atoms with Crippen molar-refractivity contribution in [2.24, 2.45) is 11.0 Å². The molecule has 5 nitrogen and oxygen atoms in total. The molecule has 1 aromatic heterocycles. The summed E-state index contributed by atoms with van der Waals surface area (Å²) in [6, 6.07) is 9.70. The van der Waals surface area contributed by atoms with E-state index in [9.17, 15) is 4.79 Å². The fraction of sp³-hybridized carbons (Fsp3) is 0.368. The lowest BCUT2D eigenvalue weighted by Crippen LogP contribution is -2.24. The van der Waals surface area contributed by atoms with Crippen LogP contribution in [0.5, 0.6) is 5.75 Å². The number of hydrazone groups is 1. The molecule has 0 radical (unpaired) electrons. The maximum Gasteiger partial charge on any atom is 0.277 e. The number of nitrogens with zero attached hydrogens (tertiary/aromatic N) is 1. The number of para-hydroxylation sites is 1. The second-order valence-corrected chi connectivity index (χ2v) is 6.36. The van der Waals surface area contributed by atoms with Crippen LogP contribution in [0.25, 0.3) is 0 Å². The van der Waals surface area contributed by atoms with Gasteiger partial charge in [0.05, 0.1) is 6.21 Å². The minimum atomic E-state index is -0.309. The molecule has 1 aliphatic carbocycles. The van der Waals surface area contributed by atoms with Gasteiger partial charge >= 0.3 is 0 Å². The number of ether oxygens (including phenoxy) is 1. The highest BCUT2D eigenvalue weighted by Crippen LogP contribution is 2.47. The number of aryl methyl sites for hydroxylation is 2. The molecule has 126 valence electrons. The second-order valence-electron chi connectivity index (χ2n) is 6.36. The van der Waals surface area contributed by atoms with Crippen LogP contribution < -0.4 is 10.2 Å². The Labute approximate surface area is 141 Å². The normalized spacial score (nSPS) is 19.5. The van der Waals surface area contributed by atoms with Crippen molar-refractivity contribution >= 4 is 12.1 Å². The van der Waals surface area contributed by atoms with E-state index in [4.69, 9.17) is 9.15 Å². The van der Waals surface area contributed by atoms with Crippen molar-refractivity contribution in [3.8, 4) is 5.75 Å². The predicted octanol–water partition coefficient (Wildman–Crippen LogP) is 3.55. The van der Waals surface area contributed by atoms with Crippen molar-refractivity contribution in [3.05, 3.63) is 53.0 Å². The number of nitrogens with one attached hydrogen (secondary N) is 1. The summed E-state index contributed by atoms with van der Waals surface area (Å²) in [5.74, 6) is 3.30. The molecule has 0 aliphatic heterocycles. The van der Waals surface area contributed by atoms with E-state index < -0.39 is 0 Å². The van der Waals surface area contributed by atoms with Crippen LogP contribution in [0.15, 0.2) is 39.9 Å². The molecule has 1 fully saturated rings. The molecular formula is C19H22N2O3. The number of rotatable bonds is 6. The molecule has 1 N–H and O–H groups in total. The van der Waals surface area contributed by atoms with Gasteiger partial charge in [-0.25, -0.2) is 5.43 Å². The Morgan fingerprint density at radius 2 is 2.04 bits per heavy atom. The highest BCUT2D eigenvalue weighted by atomic mass is 16.5. The largest absolute Gasteiger partial charge is 0.483 e. The highest BCUT2D eigenvalue weighted by molar-refractivity contribution is 5.81. The lowest BCUT2D eigenvalue weighted by atomic mass is 10.1. The molecule has 2 atom stereocenters. The summed E-state index contributed by atoms with van der Waals surface area (Å²) in [5, 5.41) is 3.91. The predicted molar refractivity (Wildman–Crippen MR) is 92.4 cm³/mol. The maximum absolute atomic E-state index is 11.8. The molecule has 1 amide bonds. The summed E-state index contributed by atoms with van der Waals surface area (Å²) >= 11 is 0. The molecule has 0 bridgehead atoms. The first kappa shape index (κ1) is 16.3. The monoisotopic (exact) mass is 326 g/mol. The minimum absolute atomic E-state index is 0.0774. The molecule has 3 rings (SSSR count). The van der Waals surface area contributed by atoms with Crippen molar-refractivity contribution in [2.75, 3.05) is 6.61 Å². The Bertz CT molecular complexity index is 743. The SMILES string of the molecule is Cc1cccc(C)c1OCC(=O)N/N=C\c1ccc([C@H]2C[C@H]2C)o1. The number of carbonyl (C=O) groups is 1. The molecule has 1 saturated carbocycles. The molecule has 1 aliphatic rings. The molecule has 0 saturated heterocycles. The topological polar surface area (TPSA) is 63.8 Å². The average molecular weight is 326 g/mol. The number of amides is 1. The van der Waals surface area contributed by atoms with Gasteiger partial charge in [-0.3, -0.25) is 4.79 Å². The third-order valence-corrected chi connectivity index (χ3v) is 4.26. The highest BCUT2D eigenvalue weighted by Gasteiger charge is 2.36. The second kappa shape index (κ2) is 6.91. The van der Waals surface area contributed by atoms with Crippen LogP contribution in [0.4, 0.5) is 0 Å².